The zero-order valence-electron chi connectivity index (χ0n) is 14.0. The van der Waals surface area contributed by atoms with Gasteiger partial charge in [0.1, 0.15) is 11.9 Å². The number of hydrogen-bond acceptors (Lipinski definition) is 6. The lowest BCUT2D eigenvalue weighted by Crippen LogP contribution is -2.11. The number of imidazole rings is 1. The first kappa shape index (κ1) is 15.1. The SMILES string of the molecule is CCc1nn(C)cc1-c1noc([C@@H]2CCO[C@H]2c2nccn2C)n1. The Hall–Kier alpha value is -2.48. The summed E-state index contributed by atoms with van der Waals surface area (Å²) < 4.78 is 15.2. The Kier molecular flexibility index (Phi) is 3.68. The van der Waals surface area contributed by atoms with E-state index in [0.717, 1.165) is 29.9 Å². The van der Waals surface area contributed by atoms with Crippen molar-refractivity contribution in [2.75, 3.05) is 6.61 Å². The third-order valence-electron chi connectivity index (χ3n) is 4.44. The topological polar surface area (TPSA) is 83.8 Å². The lowest BCUT2D eigenvalue weighted by molar-refractivity contribution is 0.0895. The Morgan fingerprint density at radius 2 is 2.21 bits per heavy atom. The van der Waals surface area contributed by atoms with Crippen LogP contribution >= 0.6 is 0 Å². The molecule has 0 N–H and O–H groups in total. The highest BCUT2D eigenvalue weighted by Crippen LogP contribution is 2.40. The van der Waals surface area contributed by atoms with Gasteiger partial charge in [0, 0.05) is 39.3 Å². The summed E-state index contributed by atoms with van der Waals surface area (Å²) in [5, 5.41) is 8.61. The summed E-state index contributed by atoms with van der Waals surface area (Å²) in [6.45, 7) is 2.72. The van der Waals surface area contributed by atoms with Crippen molar-refractivity contribution < 1.29 is 9.26 Å². The monoisotopic (exact) mass is 328 g/mol. The average Bonchev–Trinajstić information content (AvgIpc) is 3.31. The average molecular weight is 328 g/mol. The molecule has 24 heavy (non-hydrogen) atoms. The highest BCUT2D eigenvalue weighted by molar-refractivity contribution is 5.56. The minimum atomic E-state index is -0.155. The molecule has 1 aliphatic heterocycles. The molecular formula is C16H20N6O2. The van der Waals surface area contributed by atoms with Crippen LogP contribution in [-0.2, 0) is 25.3 Å². The van der Waals surface area contributed by atoms with Gasteiger partial charge in [-0.15, -0.1) is 0 Å². The van der Waals surface area contributed by atoms with Crippen LogP contribution in [0.5, 0.6) is 0 Å². The Morgan fingerprint density at radius 3 is 2.96 bits per heavy atom. The summed E-state index contributed by atoms with van der Waals surface area (Å²) in [5.41, 5.74) is 1.88. The van der Waals surface area contributed by atoms with Crippen LogP contribution in [0.1, 0.15) is 42.8 Å². The van der Waals surface area contributed by atoms with Crippen LogP contribution in [0.2, 0.25) is 0 Å². The van der Waals surface area contributed by atoms with Crippen LogP contribution in [0.4, 0.5) is 0 Å². The second-order valence-electron chi connectivity index (χ2n) is 6.06. The molecule has 1 aliphatic rings. The summed E-state index contributed by atoms with van der Waals surface area (Å²) >= 11 is 0. The number of aromatic nitrogens is 6. The Balaban J connectivity index is 1.66. The molecule has 4 heterocycles. The van der Waals surface area contributed by atoms with Gasteiger partial charge >= 0.3 is 0 Å². The molecule has 8 nitrogen and oxygen atoms in total. The van der Waals surface area contributed by atoms with Gasteiger partial charge in [0.05, 0.1) is 17.2 Å². The van der Waals surface area contributed by atoms with Crippen molar-refractivity contribution in [2.24, 2.45) is 14.1 Å². The predicted molar refractivity (Wildman–Crippen MR) is 85.1 cm³/mol. The standard InChI is InChI=1S/C16H20N6O2/c1-4-12-11(9-22(3)19-12)14-18-16(24-20-14)10-5-8-23-13(10)15-17-6-7-21(15)2/h6-7,9-10,13H,4-5,8H2,1-3H3/t10-,13-/m1/s1. The minimum absolute atomic E-state index is 0.0223. The van der Waals surface area contributed by atoms with Crippen molar-refractivity contribution >= 4 is 0 Å². The molecule has 0 aromatic carbocycles. The molecule has 0 bridgehead atoms. The van der Waals surface area contributed by atoms with Crippen molar-refractivity contribution in [3.63, 3.8) is 0 Å². The molecule has 3 aromatic rings. The number of nitrogens with zero attached hydrogens (tertiary/aromatic N) is 6. The fraction of sp³-hybridized carbons (Fsp3) is 0.500. The first-order valence-corrected chi connectivity index (χ1v) is 8.12. The zero-order chi connectivity index (χ0) is 16.7. The van der Waals surface area contributed by atoms with Gasteiger partial charge in [0.15, 0.2) is 0 Å². The van der Waals surface area contributed by atoms with Crippen molar-refractivity contribution in [1.82, 2.24) is 29.5 Å². The summed E-state index contributed by atoms with van der Waals surface area (Å²) in [6.07, 6.45) is 7.12. The fourth-order valence-electron chi connectivity index (χ4n) is 3.23. The van der Waals surface area contributed by atoms with E-state index < -0.39 is 0 Å². The smallest absolute Gasteiger partial charge is 0.233 e. The normalized spacial score (nSPS) is 20.8. The van der Waals surface area contributed by atoms with E-state index in [1.54, 1.807) is 10.9 Å². The van der Waals surface area contributed by atoms with Gasteiger partial charge in [-0.05, 0) is 12.8 Å². The summed E-state index contributed by atoms with van der Waals surface area (Å²) in [7, 11) is 3.86. The second kappa shape index (κ2) is 5.86. The zero-order valence-corrected chi connectivity index (χ0v) is 14.0. The van der Waals surface area contributed by atoms with Crippen LogP contribution in [0.15, 0.2) is 23.1 Å². The van der Waals surface area contributed by atoms with Crippen LogP contribution < -0.4 is 0 Å². The summed E-state index contributed by atoms with van der Waals surface area (Å²) in [6, 6.07) is 0. The maximum absolute atomic E-state index is 5.88. The van der Waals surface area contributed by atoms with E-state index in [0.29, 0.717) is 18.3 Å². The van der Waals surface area contributed by atoms with E-state index in [1.165, 1.54) is 0 Å². The molecule has 0 amide bonds. The molecular weight excluding hydrogens is 308 g/mol. The highest BCUT2D eigenvalue weighted by Gasteiger charge is 2.37. The van der Waals surface area contributed by atoms with Gasteiger partial charge in [0.2, 0.25) is 11.7 Å². The lowest BCUT2D eigenvalue weighted by atomic mass is 10.0. The van der Waals surface area contributed by atoms with Crippen LogP contribution in [-0.4, -0.2) is 36.1 Å². The quantitative estimate of drug-likeness (QED) is 0.728. The molecule has 8 heteroatoms. The molecule has 0 radical (unpaired) electrons. The van der Waals surface area contributed by atoms with Crippen molar-refractivity contribution in [3.8, 4) is 11.4 Å². The highest BCUT2D eigenvalue weighted by atomic mass is 16.5. The molecule has 0 unspecified atom stereocenters. The lowest BCUT2D eigenvalue weighted by Gasteiger charge is -2.14. The maximum Gasteiger partial charge on any atom is 0.233 e. The molecule has 1 saturated heterocycles. The Bertz CT molecular complexity index is 849. The van der Waals surface area contributed by atoms with Gasteiger partial charge in [-0.3, -0.25) is 4.68 Å². The molecule has 0 aliphatic carbocycles. The summed E-state index contributed by atoms with van der Waals surface area (Å²) in [5.74, 6) is 2.09. The van der Waals surface area contributed by atoms with E-state index >= 15 is 0 Å². The van der Waals surface area contributed by atoms with E-state index in [9.17, 15) is 0 Å². The van der Waals surface area contributed by atoms with Gasteiger partial charge < -0.3 is 13.8 Å². The van der Waals surface area contributed by atoms with Gasteiger partial charge in [0.25, 0.3) is 0 Å². The van der Waals surface area contributed by atoms with Crippen molar-refractivity contribution in [1.29, 1.82) is 0 Å². The van der Waals surface area contributed by atoms with E-state index in [1.807, 2.05) is 31.1 Å². The molecule has 1 fully saturated rings. The first-order chi connectivity index (χ1) is 11.7. The second-order valence-corrected chi connectivity index (χ2v) is 6.06. The Morgan fingerprint density at radius 1 is 1.33 bits per heavy atom. The van der Waals surface area contributed by atoms with Gasteiger partial charge in [-0.1, -0.05) is 12.1 Å². The van der Waals surface area contributed by atoms with Crippen LogP contribution in [0.25, 0.3) is 11.4 Å². The molecule has 0 saturated carbocycles. The van der Waals surface area contributed by atoms with E-state index in [-0.39, 0.29) is 12.0 Å². The first-order valence-electron chi connectivity index (χ1n) is 8.12. The number of aryl methyl sites for hydroxylation is 3. The van der Waals surface area contributed by atoms with Gasteiger partial charge in [-0.2, -0.15) is 10.1 Å². The third-order valence-corrected chi connectivity index (χ3v) is 4.44. The minimum Gasteiger partial charge on any atom is -0.369 e. The number of rotatable bonds is 4. The third kappa shape index (κ3) is 2.43. The number of ether oxygens (including phenoxy) is 1. The van der Waals surface area contributed by atoms with Crippen molar-refractivity contribution in [2.45, 2.75) is 31.8 Å². The number of hydrogen-bond donors (Lipinski definition) is 0. The molecule has 0 spiro atoms. The van der Waals surface area contributed by atoms with Gasteiger partial charge in [-0.25, -0.2) is 4.98 Å². The van der Waals surface area contributed by atoms with Crippen LogP contribution in [0.3, 0.4) is 0 Å². The molecule has 4 rings (SSSR count). The van der Waals surface area contributed by atoms with Crippen molar-refractivity contribution in [3.05, 3.63) is 36.0 Å². The largest absolute Gasteiger partial charge is 0.369 e. The molecule has 3 aromatic heterocycles. The van der Waals surface area contributed by atoms with E-state index in [4.69, 9.17) is 9.26 Å². The molecule has 126 valence electrons. The Labute approximate surface area is 139 Å². The van der Waals surface area contributed by atoms with E-state index in [2.05, 4.69) is 27.1 Å². The maximum atomic E-state index is 5.88. The predicted octanol–water partition coefficient (Wildman–Crippen LogP) is 2.01. The molecule has 2 atom stereocenters. The fourth-order valence-corrected chi connectivity index (χ4v) is 3.23. The van der Waals surface area contributed by atoms with Crippen LogP contribution in [0, 0.1) is 0 Å². The summed E-state index contributed by atoms with van der Waals surface area (Å²) in [4.78, 5) is 9.03.